The second kappa shape index (κ2) is 8.47. The largest absolute Gasteiger partial charge is 0.396 e. The van der Waals surface area contributed by atoms with Gasteiger partial charge >= 0.3 is 0 Å². The van der Waals surface area contributed by atoms with Crippen LogP contribution in [0.5, 0.6) is 0 Å². The Kier molecular flexibility index (Phi) is 6.89. The first kappa shape index (κ1) is 18.7. The molecule has 2 fully saturated rings. The molecule has 2 N–H and O–H groups in total. The van der Waals surface area contributed by atoms with Crippen molar-refractivity contribution >= 4 is 34.2 Å². The number of nitrogens with one attached hydrogen (secondary N) is 1. The molecule has 4 nitrogen and oxygen atoms in total. The number of halogens is 2. The van der Waals surface area contributed by atoms with Gasteiger partial charge in [-0.1, -0.05) is 22.0 Å². The van der Waals surface area contributed by atoms with Crippen molar-refractivity contribution in [3.63, 3.8) is 0 Å². The molecule has 2 aliphatic rings. The first-order chi connectivity index (χ1) is 10.7. The van der Waals surface area contributed by atoms with Gasteiger partial charge in [0.25, 0.3) is 5.91 Å². The molecule has 128 valence electrons. The van der Waals surface area contributed by atoms with Gasteiger partial charge in [0.1, 0.15) is 0 Å². The van der Waals surface area contributed by atoms with Gasteiger partial charge in [0.2, 0.25) is 0 Å². The third-order valence-electron chi connectivity index (χ3n) is 5.13. The van der Waals surface area contributed by atoms with Crippen LogP contribution in [0.3, 0.4) is 0 Å². The summed E-state index contributed by atoms with van der Waals surface area (Å²) in [6.45, 7) is 3.86. The maximum Gasteiger partial charge on any atom is 0.253 e. The van der Waals surface area contributed by atoms with Crippen molar-refractivity contribution in [2.45, 2.75) is 12.8 Å². The summed E-state index contributed by atoms with van der Waals surface area (Å²) in [5, 5.41) is 12.9. The monoisotopic (exact) mass is 402 g/mol. The quantitative estimate of drug-likeness (QED) is 0.815. The standard InChI is InChI=1S/C17H23BrN2O2.ClH/c18-15-3-1-2-13(8-15)17(22)20-6-4-12(5-7-20)16-10-19-9-14(16)11-21;/h1-3,8,12,14,16,19,21H,4-7,9-11H2;1H/t14-,16-;/m0./s1. The van der Waals surface area contributed by atoms with Crippen LogP contribution >= 0.6 is 28.3 Å². The molecule has 1 aromatic rings. The molecule has 0 aliphatic carbocycles. The second-order valence-electron chi connectivity index (χ2n) is 6.40. The van der Waals surface area contributed by atoms with Gasteiger partial charge in [-0.25, -0.2) is 0 Å². The Labute approximate surface area is 152 Å². The Morgan fingerprint density at radius 2 is 2.04 bits per heavy atom. The summed E-state index contributed by atoms with van der Waals surface area (Å²) >= 11 is 3.42. The summed E-state index contributed by atoms with van der Waals surface area (Å²) in [4.78, 5) is 14.5. The number of hydrogen-bond acceptors (Lipinski definition) is 3. The molecule has 23 heavy (non-hydrogen) atoms. The van der Waals surface area contributed by atoms with Gasteiger partial charge < -0.3 is 15.3 Å². The number of nitrogens with zero attached hydrogens (tertiary/aromatic N) is 1. The molecule has 0 unspecified atom stereocenters. The van der Waals surface area contributed by atoms with E-state index in [-0.39, 0.29) is 24.9 Å². The highest BCUT2D eigenvalue weighted by Gasteiger charge is 2.35. The Morgan fingerprint density at radius 1 is 1.30 bits per heavy atom. The van der Waals surface area contributed by atoms with Crippen LogP contribution in [0.2, 0.25) is 0 Å². The van der Waals surface area contributed by atoms with E-state index in [1.54, 1.807) is 0 Å². The van der Waals surface area contributed by atoms with Gasteiger partial charge in [-0.2, -0.15) is 0 Å². The average molecular weight is 404 g/mol. The number of hydrogen-bond donors (Lipinski definition) is 2. The number of likely N-dealkylation sites (tertiary alicyclic amines) is 1. The highest BCUT2D eigenvalue weighted by Crippen LogP contribution is 2.32. The number of carbonyl (C=O) groups is 1. The number of aliphatic hydroxyl groups is 1. The van der Waals surface area contributed by atoms with E-state index in [9.17, 15) is 9.90 Å². The molecule has 2 heterocycles. The lowest BCUT2D eigenvalue weighted by atomic mass is 9.78. The molecule has 6 heteroatoms. The van der Waals surface area contributed by atoms with Crippen molar-refractivity contribution in [2.75, 3.05) is 32.8 Å². The summed E-state index contributed by atoms with van der Waals surface area (Å²) in [5.74, 6) is 1.70. The minimum Gasteiger partial charge on any atom is -0.396 e. The van der Waals surface area contributed by atoms with Gasteiger partial charge in [-0.05, 0) is 55.3 Å². The summed E-state index contributed by atoms with van der Waals surface area (Å²) in [6.07, 6.45) is 2.09. The second-order valence-corrected chi connectivity index (χ2v) is 7.32. The van der Waals surface area contributed by atoms with Gasteiger partial charge in [-0.15, -0.1) is 12.4 Å². The number of aliphatic hydroxyl groups excluding tert-OH is 1. The van der Waals surface area contributed by atoms with Crippen LogP contribution in [-0.2, 0) is 0 Å². The molecule has 3 rings (SSSR count). The molecule has 2 atom stereocenters. The van der Waals surface area contributed by atoms with Crippen LogP contribution in [0.25, 0.3) is 0 Å². The number of amides is 1. The predicted octanol–water partition coefficient (Wildman–Crippen LogP) is 2.55. The third kappa shape index (κ3) is 4.27. The van der Waals surface area contributed by atoms with E-state index in [1.165, 1.54) is 0 Å². The topological polar surface area (TPSA) is 52.6 Å². The highest BCUT2D eigenvalue weighted by atomic mass is 79.9. The van der Waals surface area contributed by atoms with Crippen molar-refractivity contribution in [1.29, 1.82) is 0 Å². The van der Waals surface area contributed by atoms with Gasteiger partial charge in [0.15, 0.2) is 0 Å². The van der Waals surface area contributed by atoms with E-state index < -0.39 is 0 Å². The first-order valence-corrected chi connectivity index (χ1v) is 8.84. The van der Waals surface area contributed by atoms with Gasteiger partial charge in [-0.3, -0.25) is 4.79 Å². The van der Waals surface area contributed by atoms with Crippen LogP contribution in [0.1, 0.15) is 23.2 Å². The maximum absolute atomic E-state index is 12.6. The minimum atomic E-state index is 0. The lowest BCUT2D eigenvalue weighted by Crippen LogP contribution is -2.41. The van der Waals surface area contributed by atoms with E-state index in [1.807, 2.05) is 29.2 Å². The zero-order valence-electron chi connectivity index (χ0n) is 13.1. The first-order valence-electron chi connectivity index (χ1n) is 8.05. The highest BCUT2D eigenvalue weighted by molar-refractivity contribution is 9.10. The molecule has 2 saturated heterocycles. The van der Waals surface area contributed by atoms with Gasteiger partial charge in [0, 0.05) is 36.3 Å². The fourth-order valence-corrected chi connectivity index (χ4v) is 4.24. The van der Waals surface area contributed by atoms with Crippen molar-refractivity contribution in [2.24, 2.45) is 17.8 Å². The third-order valence-corrected chi connectivity index (χ3v) is 5.62. The number of rotatable bonds is 3. The molecule has 0 aromatic heterocycles. The number of piperidine rings is 1. The van der Waals surface area contributed by atoms with Crippen LogP contribution in [-0.4, -0.2) is 48.7 Å². The molecular formula is C17H24BrClN2O2. The Balaban J connectivity index is 0.00000192. The Bertz CT molecular complexity index is 535. The number of carbonyl (C=O) groups excluding carboxylic acids is 1. The van der Waals surface area contributed by atoms with Crippen molar-refractivity contribution in [3.05, 3.63) is 34.3 Å². The lowest BCUT2D eigenvalue weighted by Gasteiger charge is -2.36. The van der Waals surface area contributed by atoms with Crippen LogP contribution in [0, 0.1) is 17.8 Å². The van der Waals surface area contributed by atoms with Crippen LogP contribution in [0.15, 0.2) is 28.7 Å². The fourth-order valence-electron chi connectivity index (χ4n) is 3.84. The average Bonchev–Trinajstić information content (AvgIpc) is 3.03. The van der Waals surface area contributed by atoms with Crippen molar-refractivity contribution < 1.29 is 9.90 Å². The molecule has 0 radical (unpaired) electrons. The van der Waals surface area contributed by atoms with Crippen molar-refractivity contribution in [3.8, 4) is 0 Å². The normalized spacial score (nSPS) is 25.2. The maximum atomic E-state index is 12.6. The van der Waals surface area contributed by atoms with Gasteiger partial charge in [0.05, 0.1) is 0 Å². The summed E-state index contributed by atoms with van der Waals surface area (Å²) in [5.41, 5.74) is 0.753. The molecule has 1 amide bonds. The molecule has 0 saturated carbocycles. The van der Waals surface area contributed by atoms with E-state index in [0.29, 0.717) is 17.8 Å². The fraction of sp³-hybridized carbons (Fsp3) is 0.588. The Hall–Kier alpha value is -0.620. The smallest absolute Gasteiger partial charge is 0.253 e. The lowest BCUT2D eigenvalue weighted by molar-refractivity contribution is 0.0625. The zero-order chi connectivity index (χ0) is 15.5. The molecule has 1 aromatic carbocycles. The zero-order valence-corrected chi connectivity index (χ0v) is 15.5. The minimum absolute atomic E-state index is 0. The molecule has 0 spiro atoms. The van der Waals surface area contributed by atoms with E-state index >= 15 is 0 Å². The van der Waals surface area contributed by atoms with Crippen molar-refractivity contribution in [1.82, 2.24) is 10.2 Å². The molecule has 0 bridgehead atoms. The summed E-state index contributed by atoms with van der Waals surface area (Å²) in [7, 11) is 0. The van der Waals surface area contributed by atoms with Crippen LogP contribution < -0.4 is 5.32 Å². The number of benzene rings is 1. The van der Waals surface area contributed by atoms with E-state index in [0.717, 1.165) is 49.1 Å². The van der Waals surface area contributed by atoms with Crippen LogP contribution in [0.4, 0.5) is 0 Å². The molecular weight excluding hydrogens is 380 g/mol. The summed E-state index contributed by atoms with van der Waals surface area (Å²) in [6, 6.07) is 7.60. The SMILES string of the molecule is Cl.O=C(c1cccc(Br)c1)N1CCC([C@@H]2CNC[C@H]2CO)CC1. The molecule has 2 aliphatic heterocycles. The summed E-state index contributed by atoms with van der Waals surface area (Å²) < 4.78 is 0.941. The van der Waals surface area contributed by atoms with E-state index in [2.05, 4.69) is 21.2 Å². The van der Waals surface area contributed by atoms with E-state index in [4.69, 9.17) is 0 Å². The Morgan fingerprint density at radius 3 is 2.70 bits per heavy atom. The predicted molar refractivity (Wildman–Crippen MR) is 97.0 cm³/mol.